The van der Waals surface area contributed by atoms with Crippen LogP contribution in [-0.2, 0) is 4.18 Å². The maximum Gasteiger partial charge on any atom is 0.0991 e. The lowest BCUT2D eigenvalue weighted by Gasteiger charge is -2.30. The van der Waals surface area contributed by atoms with Gasteiger partial charge < -0.3 is 9.29 Å². The smallest absolute Gasteiger partial charge is 0.0991 e. The molecule has 0 bridgehead atoms. The highest BCUT2D eigenvalue weighted by Crippen LogP contribution is 2.31. The Bertz CT molecular complexity index is 427. The van der Waals surface area contributed by atoms with Crippen LogP contribution in [0.1, 0.15) is 39.7 Å². The minimum Gasteiger partial charge on any atom is -0.390 e. The van der Waals surface area contributed by atoms with Crippen molar-refractivity contribution in [2.24, 2.45) is 0 Å². The fourth-order valence-corrected chi connectivity index (χ4v) is 2.45. The van der Waals surface area contributed by atoms with Crippen LogP contribution in [0.2, 0.25) is 0 Å². The minimum absolute atomic E-state index is 0.420. The van der Waals surface area contributed by atoms with E-state index in [-0.39, 0.29) is 0 Å². The van der Waals surface area contributed by atoms with Crippen molar-refractivity contribution in [1.29, 1.82) is 5.26 Å². The third kappa shape index (κ3) is 5.54. The van der Waals surface area contributed by atoms with Crippen LogP contribution in [0.15, 0.2) is 29.2 Å². The van der Waals surface area contributed by atoms with Crippen LogP contribution in [0.5, 0.6) is 0 Å². The van der Waals surface area contributed by atoms with Gasteiger partial charge in [0, 0.05) is 23.4 Å². The van der Waals surface area contributed by atoms with Crippen molar-refractivity contribution in [2.75, 3.05) is 0 Å². The number of nitriles is 1. The van der Waals surface area contributed by atoms with Crippen molar-refractivity contribution in [1.82, 2.24) is 0 Å². The molecule has 1 aromatic carbocycles. The zero-order chi connectivity index (χ0) is 13.8. The molecule has 3 nitrogen and oxygen atoms in total. The maximum atomic E-state index is 9.79. The van der Waals surface area contributed by atoms with E-state index in [0.29, 0.717) is 12.0 Å². The molecule has 0 aliphatic heterocycles. The number of rotatable bonds is 5. The summed E-state index contributed by atoms with van der Waals surface area (Å²) >= 11 is 1.27. The zero-order valence-corrected chi connectivity index (χ0v) is 12.0. The van der Waals surface area contributed by atoms with Gasteiger partial charge in [0.2, 0.25) is 0 Å². The van der Waals surface area contributed by atoms with Crippen molar-refractivity contribution in [3.05, 3.63) is 29.8 Å². The van der Waals surface area contributed by atoms with Gasteiger partial charge in [0.25, 0.3) is 0 Å². The summed E-state index contributed by atoms with van der Waals surface area (Å²) in [6, 6.07) is 9.29. The lowest BCUT2D eigenvalue weighted by Crippen LogP contribution is -2.33. The normalized spacial score (nSPS) is 12.2. The molecule has 0 radical (unpaired) electrons. The van der Waals surface area contributed by atoms with Crippen LogP contribution in [0.4, 0.5) is 0 Å². The van der Waals surface area contributed by atoms with Gasteiger partial charge in [-0.05, 0) is 52.0 Å². The van der Waals surface area contributed by atoms with E-state index in [1.54, 1.807) is 26.0 Å². The second-order valence-corrected chi connectivity index (χ2v) is 6.36. The second kappa shape index (κ2) is 5.75. The molecule has 18 heavy (non-hydrogen) atoms. The Morgan fingerprint density at radius 3 is 2.22 bits per heavy atom. The van der Waals surface area contributed by atoms with Crippen molar-refractivity contribution in [3.8, 4) is 6.07 Å². The zero-order valence-electron chi connectivity index (χ0n) is 11.2. The molecule has 0 amide bonds. The molecule has 0 spiro atoms. The number of benzene rings is 1. The fourth-order valence-electron chi connectivity index (χ4n) is 1.82. The molecular formula is C14H19NO2S. The van der Waals surface area contributed by atoms with Crippen molar-refractivity contribution >= 4 is 12.0 Å². The molecule has 0 saturated heterocycles. The first-order chi connectivity index (χ1) is 8.22. The van der Waals surface area contributed by atoms with Gasteiger partial charge in [-0.2, -0.15) is 5.26 Å². The molecule has 0 heterocycles. The largest absolute Gasteiger partial charge is 0.390 e. The van der Waals surface area contributed by atoms with Gasteiger partial charge in [0.15, 0.2) is 0 Å². The third-order valence-electron chi connectivity index (χ3n) is 2.21. The Hall–Kier alpha value is -1.02. The number of nitrogens with zero attached hydrogens (tertiary/aromatic N) is 1. The first-order valence-electron chi connectivity index (χ1n) is 5.80. The second-order valence-electron chi connectivity index (χ2n) is 5.55. The highest BCUT2D eigenvalue weighted by molar-refractivity contribution is 7.94. The van der Waals surface area contributed by atoms with Gasteiger partial charge in [0.05, 0.1) is 22.8 Å². The van der Waals surface area contributed by atoms with Crippen LogP contribution in [0.25, 0.3) is 0 Å². The molecule has 1 aromatic rings. The Morgan fingerprint density at radius 2 is 1.78 bits per heavy atom. The molecule has 0 aliphatic rings. The highest BCUT2D eigenvalue weighted by atomic mass is 32.2. The molecular weight excluding hydrogens is 246 g/mol. The average molecular weight is 265 g/mol. The van der Waals surface area contributed by atoms with Gasteiger partial charge in [-0.1, -0.05) is 0 Å². The molecule has 0 unspecified atom stereocenters. The number of hydrogen-bond donors (Lipinski definition) is 1. The molecule has 1 N–H and O–H groups in total. The van der Waals surface area contributed by atoms with Crippen molar-refractivity contribution in [2.45, 2.75) is 50.2 Å². The van der Waals surface area contributed by atoms with Crippen LogP contribution >= 0.6 is 12.0 Å². The molecule has 0 aromatic heterocycles. The van der Waals surface area contributed by atoms with E-state index in [4.69, 9.17) is 9.44 Å². The Morgan fingerprint density at radius 1 is 1.22 bits per heavy atom. The summed E-state index contributed by atoms with van der Waals surface area (Å²) in [4.78, 5) is 0.942. The van der Waals surface area contributed by atoms with Gasteiger partial charge in [-0.25, -0.2) is 0 Å². The summed E-state index contributed by atoms with van der Waals surface area (Å²) in [5, 5.41) is 18.5. The lowest BCUT2D eigenvalue weighted by atomic mass is 9.93. The van der Waals surface area contributed by atoms with Crippen LogP contribution in [0, 0.1) is 11.3 Å². The quantitative estimate of drug-likeness (QED) is 0.828. The Kier molecular flexibility index (Phi) is 4.80. The molecule has 98 valence electrons. The summed E-state index contributed by atoms with van der Waals surface area (Å²) in [5.74, 6) is 0. The van der Waals surface area contributed by atoms with Crippen LogP contribution in [0.3, 0.4) is 0 Å². The highest BCUT2D eigenvalue weighted by Gasteiger charge is 2.28. The first kappa shape index (κ1) is 15.0. The molecule has 0 saturated carbocycles. The molecule has 4 heteroatoms. The first-order valence-corrected chi connectivity index (χ1v) is 6.54. The predicted octanol–water partition coefficient (Wildman–Crippen LogP) is 3.52. The standard InChI is InChI=1S/C14H19NO2S/c1-13(2,16)10-14(3,4)17-18-12-7-5-11(9-15)6-8-12/h5-8,16H,10H2,1-4H3. The van der Waals surface area contributed by atoms with Crippen LogP contribution in [-0.4, -0.2) is 16.3 Å². The third-order valence-corrected chi connectivity index (χ3v) is 3.20. The molecule has 0 atom stereocenters. The molecule has 0 aliphatic carbocycles. The maximum absolute atomic E-state index is 9.79. The fraction of sp³-hybridized carbons (Fsp3) is 0.500. The van der Waals surface area contributed by atoms with E-state index >= 15 is 0 Å². The molecule has 0 fully saturated rings. The van der Waals surface area contributed by atoms with E-state index in [1.165, 1.54) is 12.0 Å². The Balaban J connectivity index is 2.56. The van der Waals surface area contributed by atoms with Crippen LogP contribution < -0.4 is 0 Å². The summed E-state index contributed by atoms with van der Waals surface area (Å²) in [6.45, 7) is 7.43. The lowest BCUT2D eigenvalue weighted by molar-refractivity contribution is -0.00158. The van der Waals surface area contributed by atoms with E-state index in [0.717, 1.165) is 4.90 Å². The van der Waals surface area contributed by atoms with Crippen molar-refractivity contribution in [3.63, 3.8) is 0 Å². The van der Waals surface area contributed by atoms with E-state index in [9.17, 15) is 5.11 Å². The van der Waals surface area contributed by atoms with Crippen molar-refractivity contribution < 1.29 is 9.29 Å². The number of hydrogen-bond acceptors (Lipinski definition) is 4. The van der Waals surface area contributed by atoms with Gasteiger partial charge >= 0.3 is 0 Å². The van der Waals surface area contributed by atoms with Gasteiger partial charge in [-0.15, -0.1) is 0 Å². The monoisotopic (exact) mass is 265 g/mol. The predicted molar refractivity (Wildman–Crippen MR) is 73.1 cm³/mol. The Labute approximate surface area is 113 Å². The van der Waals surface area contributed by atoms with E-state index in [2.05, 4.69) is 6.07 Å². The molecule has 1 rings (SSSR count). The minimum atomic E-state index is -0.755. The summed E-state index contributed by atoms with van der Waals surface area (Å²) in [5.41, 5.74) is -0.541. The SMILES string of the molecule is CC(C)(O)CC(C)(C)OSc1ccc(C#N)cc1. The average Bonchev–Trinajstić information content (AvgIpc) is 2.24. The summed E-state index contributed by atoms with van der Waals surface area (Å²) in [7, 11) is 0. The van der Waals surface area contributed by atoms with Gasteiger partial charge in [-0.3, -0.25) is 0 Å². The summed E-state index contributed by atoms with van der Waals surface area (Å²) < 4.78 is 5.74. The van der Waals surface area contributed by atoms with E-state index < -0.39 is 11.2 Å². The van der Waals surface area contributed by atoms with E-state index in [1.807, 2.05) is 26.0 Å². The number of aliphatic hydroxyl groups is 1. The topological polar surface area (TPSA) is 53.2 Å². The summed E-state index contributed by atoms with van der Waals surface area (Å²) in [6.07, 6.45) is 0.545. The van der Waals surface area contributed by atoms with Gasteiger partial charge in [0.1, 0.15) is 0 Å².